The molecule has 140 valence electrons. The Morgan fingerprint density at radius 1 is 0.929 bits per heavy atom. The molecule has 0 radical (unpaired) electrons. The molecule has 0 spiro atoms. The first kappa shape index (κ1) is 18.0. The van der Waals surface area contributed by atoms with E-state index in [2.05, 4.69) is 36.1 Å². The number of nitrogens with one attached hydrogen (secondary N) is 2. The average Bonchev–Trinajstić information content (AvgIpc) is 3.12. The van der Waals surface area contributed by atoms with Crippen LogP contribution in [0.2, 0.25) is 0 Å². The number of carbonyl (C=O) groups is 1. The predicted octanol–water partition coefficient (Wildman–Crippen LogP) is 5.78. The Balaban J connectivity index is 1.55. The van der Waals surface area contributed by atoms with Crippen molar-refractivity contribution in [1.82, 2.24) is 9.97 Å². The molecule has 2 N–H and O–H groups in total. The molecule has 1 heterocycles. The molecule has 4 rings (SSSR count). The molecule has 0 aliphatic carbocycles. The molecule has 0 fully saturated rings. The summed E-state index contributed by atoms with van der Waals surface area (Å²) in [6.07, 6.45) is 0. The number of rotatable bonds is 3. The molecule has 0 aliphatic heterocycles. The molecule has 0 saturated heterocycles. The van der Waals surface area contributed by atoms with Crippen molar-refractivity contribution in [2.75, 3.05) is 5.32 Å². The number of fused-ring (bicyclic) bond motifs is 1. The zero-order valence-corrected chi connectivity index (χ0v) is 16.3. The number of H-pyrrole nitrogens is 1. The number of hydrogen-bond donors (Lipinski definition) is 2. The van der Waals surface area contributed by atoms with Crippen molar-refractivity contribution in [3.05, 3.63) is 83.9 Å². The quantitative estimate of drug-likeness (QED) is 0.481. The van der Waals surface area contributed by atoms with E-state index in [-0.39, 0.29) is 11.3 Å². The van der Waals surface area contributed by atoms with Crippen molar-refractivity contribution in [1.29, 1.82) is 0 Å². The van der Waals surface area contributed by atoms with Crippen LogP contribution in [0.5, 0.6) is 0 Å². The molecule has 4 heteroatoms. The third-order valence-electron chi connectivity index (χ3n) is 4.80. The minimum absolute atomic E-state index is 0.0654. The summed E-state index contributed by atoms with van der Waals surface area (Å²) in [5, 5.41) is 2.98. The van der Waals surface area contributed by atoms with Gasteiger partial charge in [0.05, 0.1) is 11.0 Å². The van der Waals surface area contributed by atoms with Gasteiger partial charge < -0.3 is 10.3 Å². The normalized spacial score (nSPS) is 11.5. The van der Waals surface area contributed by atoms with Gasteiger partial charge in [-0.05, 0) is 47.4 Å². The molecule has 0 unspecified atom stereocenters. The summed E-state index contributed by atoms with van der Waals surface area (Å²) >= 11 is 0. The standard InChI is InChI=1S/C24H23N3O/c1-24(2,3)18-13-11-16(12-14-18)23(28)25-19-8-6-7-17(15-19)22-26-20-9-4-5-10-21(20)27-22/h4-15H,1-3H3,(H,25,28)(H,26,27). The number of imidazole rings is 1. The molecule has 0 bridgehead atoms. The monoisotopic (exact) mass is 369 g/mol. The Morgan fingerprint density at radius 3 is 2.39 bits per heavy atom. The summed E-state index contributed by atoms with van der Waals surface area (Å²) < 4.78 is 0. The van der Waals surface area contributed by atoms with Gasteiger partial charge in [0, 0.05) is 16.8 Å². The van der Waals surface area contributed by atoms with Crippen molar-refractivity contribution in [3.8, 4) is 11.4 Å². The van der Waals surface area contributed by atoms with Gasteiger partial charge >= 0.3 is 0 Å². The molecule has 4 aromatic rings. The van der Waals surface area contributed by atoms with Gasteiger partial charge in [-0.25, -0.2) is 4.98 Å². The molecule has 1 amide bonds. The zero-order valence-electron chi connectivity index (χ0n) is 16.3. The molecule has 0 saturated carbocycles. The SMILES string of the molecule is CC(C)(C)c1ccc(C(=O)Nc2cccc(-c3nc4ccccc4[nH]3)c2)cc1. The van der Waals surface area contributed by atoms with Crippen LogP contribution in [0.15, 0.2) is 72.8 Å². The zero-order chi connectivity index (χ0) is 19.7. The lowest BCUT2D eigenvalue weighted by Gasteiger charge is -2.19. The fraction of sp³-hybridized carbons (Fsp3) is 0.167. The maximum absolute atomic E-state index is 12.6. The van der Waals surface area contributed by atoms with Gasteiger partial charge in [0.15, 0.2) is 0 Å². The highest BCUT2D eigenvalue weighted by molar-refractivity contribution is 6.04. The summed E-state index contributed by atoms with van der Waals surface area (Å²) in [6.45, 7) is 6.48. The maximum atomic E-state index is 12.6. The van der Waals surface area contributed by atoms with E-state index < -0.39 is 0 Å². The number of hydrogen-bond acceptors (Lipinski definition) is 2. The molecule has 28 heavy (non-hydrogen) atoms. The Labute approximate surface area is 164 Å². The van der Waals surface area contributed by atoms with Gasteiger partial charge in [0.1, 0.15) is 5.82 Å². The Bertz CT molecular complexity index is 1100. The predicted molar refractivity (Wildman–Crippen MR) is 115 cm³/mol. The highest BCUT2D eigenvalue weighted by Gasteiger charge is 2.14. The first-order chi connectivity index (χ1) is 13.4. The van der Waals surface area contributed by atoms with Crippen molar-refractivity contribution in [2.45, 2.75) is 26.2 Å². The molecule has 3 aromatic carbocycles. The van der Waals surface area contributed by atoms with Crippen LogP contribution in [0.4, 0.5) is 5.69 Å². The number of para-hydroxylation sites is 2. The summed E-state index contributed by atoms with van der Waals surface area (Å²) in [4.78, 5) is 20.6. The van der Waals surface area contributed by atoms with Crippen LogP contribution in [0.1, 0.15) is 36.7 Å². The van der Waals surface area contributed by atoms with E-state index in [9.17, 15) is 4.79 Å². The lowest BCUT2D eigenvalue weighted by molar-refractivity contribution is 0.102. The van der Waals surface area contributed by atoms with Gasteiger partial charge in [-0.2, -0.15) is 0 Å². The van der Waals surface area contributed by atoms with Gasteiger partial charge in [-0.1, -0.05) is 57.2 Å². The van der Waals surface area contributed by atoms with Gasteiger partial charge in [-0.3, -0.25) is 4.79 Å². The maximum Gasteiger partial charge on any atom is 0.255 e. The number of nitrogens with zero attached hydrogens (tertiary/aromatic N) is 1. The lowest BCUT2D eigenvalue weighted by Crippen LogP contribution is -2.14. The molecule has 1 aromatic heterocycles. The number of amides is 1. The highest BCUT2D eigenvalue weighted by atomic mass is 16.1. The Hall–Kier alpha value is -3.40. The Kier molecular flexibility index (Phi) is 4.47. The van der Waals surface area contributed by atoms with Crippen LogP contribution < -0.4 is 5.32 Å². The second kappa shape index (κ2) is 6.97. The minimum Gasteiger partial charge on any atom is -0.338 e. The van der Waals surface area contributed by atoms with Crippen LogP contribution in [0, 0.1) is 0 Å². The lowest BCUT2D eigenvalue weighted by atomic mass is 9.87. The van der Waals surface area contributed by atoms with Crippen LogP contribution in [-0.4, -0.2) is 15.9 Å². The molecule has 0 atom stereocenters. The summed E-state index contributed by atoms with van der Waals surface area (Å²) in [5.41, 5.74) is 5.49. The number of benzene rings is 3. The average molecular weight is 369 g/mol. The second-order valence-corrected chi connectivity index (χ2v) is 7.96. The van der Waals surface area contributed by atoms with E-state index >= 15 is 0 Å². The van der Waals surface area contributed by atoms with Crippen LogP contribution in [0.3, 0.4) is 0 Å². The molecule has 4 nitrogen and oxygen atoms in total. The number of aromatic nitrogens is 2. The number of anilines is 1. The van der Waals surface area contributed by atoms with Crippen molar-refractivity contribution in [3.63, 3.8) is 0 Å². The highest BCUT2D eigenvalue weighted by Crippen LogP contribution is 2.24. The number of aromatic amines is 1. The Morgan fingerprint density at radius 2 is 1.68 bits per heavy atom. The second-order valence-electron chi connectivity index (χ2n) is 7.96. The summed E-state index contributed by atoms with van der Waals surface area (Å²) in [6, 6.07) is 23.4. The molecular weight excluding hydrogens is 346 g/mol. The van der Waals surface area contributed by atoms with Crippen LogP contribution in [0.25, 0.3) is 22.4 Å². The van der Waals surface area contributed by atoms with Gasteiger partial charge in [0.25, 0.3) is 5.91 Å². The van der Waals surface area contributed by atoms with E-state index in [1.807, 2.05) is 72.8 Å². The van der Waals surface area contributed by atoms with Gasteiger partial charge in [0.2, 0.25) is 0 Å². The van der Waals surface area contributed by atoms with Crippen molar-refractivity contribution < 1.29 is 4.79 Å². The summed E-state index contributed by atoms with van der Waals surface area (Å²) in [5.74, 6) is 0.661. The van der Waals surface area contributed by atoms with Gasteiger partial charge in [-0.15, -0.1) is 0 Å². The topological polar surface area (TPSA) is 57.8 Å². The first-order valence-corrected chi connectivity index (χ1v) is 9.37. The largest absolute Gasteiger partial charge is 0.338 e. The van der Waals surface area contributed by atoms with Crippen LogP contribution >= 0.6 is 0 Å². The third kappa shape index (κ3) is 3.67. The molecular formula is C24H23N3O. The third-order valence-corrected chi connectivity index (χ3v) is 4.80. The number of carbonyl (C=O) groups excluding carboxylic acids is 1. The van der Waals surface area contributed by atoms with E-state index in [0.29, 0.717) is 5.56 Å². The summed E-state index contributed by atoms with van der Waals surface area (Å²) in [7, 11) is 0. The van der Waals surface area contributed by atoms with E-state index in [1.54, 1.807) is 0 Å². The fourth-order valence-corrected chi connectivity index (χ4v) is 3.16. The van der Waals surface area contributed by atoms with Crippen molar-refractivity contribution >= 4 is 22.6 Å². The first-order valence-electron chi connectivity index (χ1n) is 9.37. The molecule has 0 aliphatic rings. The minimum atomic E-state index is -0.123. The van der Waals surface area contributed by atoms with Crippen molar-refractivity contribution in [2.24, 2.45) is 0 Å². The fourth-order valence-electron chi connectivity index (χ4n) is 3.16. The smallest absolute Gasteiger partial charge is 0.255 e. The van der Waals surface area contributed by atoms with E-state index in [0.717, 1.165) is 28.1 Å². The van der Waals surface area contributed by atoms with E-state index in [4.69, 9.17) is 0 Å². The van der Waals surface area contributed by atoms with E-state index in [1.165, 1.54) is 5.56 Å². The van der Waals surface area contributed by atoms with Crippen LogP contribution in [-0.2, 0) is 5.41 Å².